The summed E-state index contributed by atoms with van der Waals surface area (Å²) in [5.41, 5.74) is 2.40. The fourth-order valence-electron chi connectivity index (χ4n) is 2.38. The van der Waals surface area contributed by atoms with Gasteiger partial charge in [0.1, 0.15) is 17.4 Å². The lowest BCUT2D eigenvalue weighted by atomic mass is 9.79. The molecule has 23 heavy (non-hydrogen) atoms. The highest BCUT2D eigenvalue weighted by atomic mass is 16.6. The number of hydrogen-bond donors (Lipinski definition) is 0. The van der Waals surface area contributed by atoms with E-state index in [0.29, 0.717) is 30.4 Å². The summed E-state index contributed by atoms with van der Waals surface area (Å²) in [5, 5.41) is 9.04. The van der Waals surface area contributed by atoms with E-state index in [1.807, 2.05) is 31.2 Å². The first-order valence-electron chi connectivity index (χ1n) is 7.24. The van der Waals surface area contributed by atoms with Gasteiger partial charge in [-0.05, 0) is 36.1 Å². The van der Waals surface area contributed by atoms with E-state index in [0.717, 1.165) is 11.0 Å². The second kappa shape index (κ2) is 6.69. The molecule has 0 fully saturated rings. The van der Waals surface area contributed by atoms with Gasteiger partial charge in [0.2, 0.25) is 11.8 Å². The number of ether oxygens (including phenoxy) is 2. The first kappa shape index (κ1) is 15.3. The van der Waals surface area contributed by atoms with Crippen molar-refractivity contribution in [1.29, 1.82) is 5.26 Å². The molecule has 1 aliphatic heterocycles. The second-order valence-corrected chi connectivity index (χ2v) is 4.89. The van der Waals surface area contributed by atoms with E-state index in [4.69, 9.17) is 24.0 Å². The SMILES string of the molecule is CCOc1nc(Oc2ccc3c(c2)COB3OC)ccc1C#N. The van der Waals surface area contributed by atoms with Gasteiger partial charge in [-0.15, -0.1) is 0 Å². The summed E-state index contributed by atoms with van der Waals surface area (Å²) in [5.74, 6) is 1.29. The monoisotopic (exact) mass is 310 g/mol. The Hall–Kier alpha value is -2.56. The van der Waals surface area contributed by atoms with Crippen LogP contribution in [0.3, 0.4) is 0 Å². The van der Waals surface area contributed by atoms with E-state index in [-0.39, 0.29) is 13.0 Å². The van der Waals surface area contributed by atoms with Crippen LogP contribution in [-0.4, -0.2) is 25.8 Å². The van der Waals surface area contributed by atoms with Crippen molar-refractivity contribution in [2.45, 2.75) is 13.5 Å². The van der Waals surface area contributed by atoms with Gasteiger partial charge in [0.15, 0.2) is 0 Å². The molecule has 0 aliphatic carbocycles. The number of pyridine rings is 1. The largest absolute Gasteiger partial charge is 0.494 e. The molecule has 0 N–H and O–H groups in total. The molecule has 2 heterocycles. The molecule has 0 saturated heterocycles. The number of rotatable bonds is 5. The third-order valence-electron chi connectivity index (χ3n) is 3.43. The fourth-order valence-corrected chi connectivity index (χ4v) is 2.38. The molecule has 116 valence electrons. The number of hydrogen-bond acceptors (Lipinski definition) is 6. The zero-order valence-electron chi connectivity index (χ0n) is 12.9. The van der Waals surface area contributed by atoms with Crippen molar-refractivity contribution in [3.05, 3.63) is 41.5 Å². The van der Waals surface area contributed by atoms with Crippen molar-refractivity contribution in [1.82, 2.24) is 4.98 Å². The van der Waals surface area contributed by atoms with Gasteiger partial charge in [0.25, 0.3) is 0 Å². The number of nitrogens with zero attached hydrogens (tertiary/aromatic N) is 2. The molecule has 0 atom stereocenters. The van der Waals surface area contributed by atoms with Crippen molar-refractivity contribution in [3.8, 4) is 23.6 Å². The van der Waals surface area contributed by atoms with Gasteiger partial charge < -0.3 is 18.8 Å². The molecule has 0 spiro atoms. The van der Waals surface area contributed by atoms with Crippen LogP contribution in [0.25, 0.3) is 0 Å². The molecule has 3 rings (SSSR count). The van der Waals surface area contributed by atoms with Gasteiger partial charge >= 0.3 is 7.12 Å². The summed E-state index contributed by atoms with van der Waals surface area (Å²) in [4.78, 5) is 4.23. The lowest BCUT2D eigenvalue weighted by Crippen LogP contribution is -2.30. The molecule has 0 unspecified atom stereocenters. The van der Waals surface area contributed by atoms with Gasteiger partial charge in [0, 0.05) is 13.2 Å². The quantitative estimate of drug-likeness (QED) is 0.787. The topological polar surface area (TPSA) is 73.6 Å². The molecule has 0 radical (unpaired) electrons. The third-order valence-corrected chi connectivity index (χ3v) is 3.43. The standard InChI is InChI=1S/C16H15BN2O4/c1-3-21-16-11(9-18)4-7-15(19-16)23-13-5-6-14-12(8-13)10-22-17(14)20-2/h4-8H,3,10H2,1-2H3. The Morgan fingerprint density at radius 1 is 1.35 bits per heavy atom. The molecule has 1 aromatic heterocycles. The highest BCUT2D eigenvalue weighted by Crippen LogP contribution is 2.26. The molecule has 6 nitrogen and oxygen atoms in total. The van der Waals surface area contributed by atoms with Crippen molar-refractivity contribution in [2.75, 3.05) is 13.7 Å². The molecule has 1 aliphatic rings. The van der Waals surface area contributed by atoms with Crippen molar-refractivity contribution < 1.29 is 18.8 Å². The normalized spacial score (nSPS) is 12.7. The summed E-state index contributed by atoms with van der Waals surface area (Å²) in [6.07, 6.45) is 0. The minimum atomic E-state index is -0.323. The van der Waals surface area contributed by atoms with Crippen LogP contribution >= 0.6 is 0 Å². The Morgan fingerprint density at radius 2 is 2.22 bits per heavy atom. The average Bonchev–Trinajstić information content (AvgIpc) is 2.98. The van der Waals surface area contributed by atoms with Crippen LogP contribution < -0.4 is 14.9 Å². The maximum absolute atomic E-state index is 9.04. The molecule has 1 aromatic carbocycles. The highest BCUT2D eigenvalue weighted by molar-refractivity contribution is 6.62. The number of aromatic nitrogens is 1. The number of benzene rings is 1. The van der Waals surface area contributed by atoms with E-state index in [1.54, 1.807) is 19.2 Å². The van der Waals surface area contributed by atoms with Crippen LogP contribution in [0.5, 0.6) is 17.5 Å². The van der Waals surface area contributed by atoms with Gasteiger partial charge in [-0.2, -0.15) is 10.2 Å². The molecule has 0 amide bonds. The Kier molecular flexibility index (Phi) is 4.46. The van der Waals surface area contributed by atoms with Crippen molar-refractivity contribution >= 4 is 12.6 Å². The van der Waals surface area contributed by atoms with Gasteiger partial charge in [-0.3, -0.25) is 0 Å². The summed E-state index contributed by atoms with van der Waals surface area (Å²) >= 11 is 0. The number of nitriles is 1. The van der Waals surface area contributed by atoms with Crippen molar-refractivity contribution in [3.63, 3.8) is 0 Å². The van der Waals surface area contributed by atoms with E-state index in [1.165, 1.54) is 0 Å². The van der Waals surface area contributed by atoms with Crippen LogP contribution in [0.1, 0.15) is 18.1 Å². The maximum Gasteiger partial charge on any atom is 0.494 e. The van der Waals surface area contributed by atoms with Crippen LogP contribution in [-0.2, 0) is 15.9 Å². The first-order valence-corrected chi connectivity index (χ1v) is 7.24. The smallest absolute Gasteiger partial charge is 0.477 e. The molecular formula is C16H15BN2O4. The lowest BCUT2D eigenvalue weighted by molar-refractivity contribution is 0.245. The number of fused-ring (bicyclic) bond motifs is 1. The van der Waals surface area contributed by atoms with E-state index >= 15 is 0 Å². The predicted octanol–water partition coefficient (Wildman–Crippen LogP) is 2.02. The molecular weight excluding hydrogens is 295 g/mol. The zero-order valence-corrected chi connectivity index (χ0v) is 12.9. The Morgan fingerprint density at radius 3 is 2.96 bits per heavy atom. The van der Waals surface area contributed by atoms with Gasteiger partial charge in [0.05, 0.1) is 13.2 Å². The second-order valence-electron chi connectivity index (χ2n) is 4.89. The summed E-state index contributed by atoms with van der Waals surface area (Å²) < 4.78 is 21.9. The predicted molar refractivity (Wildman–Crippen MR) is 83.8 cm³/mol. The third kappa shape index (κ3) is 3.14. The van der Waals surface area contributed by atoms with Crippen LogP contribution in [0.4, 0.5) is 0 Å². The Bertz CT molecular complexity index is 760. The highest BCUT2D eigenvalue weighted by Gasteiger charge is 2.29. The van der Waals surface area contributed by atoms with E-state index in [9.17, 15) is 0 Å². The van der Waals surface area contributed by atoms with Gasteiger partial charge in [-0.1, -0.05) is 6.07 Å². The summed E-state index contributed by atoms with van der Waals surface area (Å²) in [7, 11) is 1.29. The molecule has 0 bridgehead atoms. The minimum Gasteiger partial charge on any atom is -0.477 e. The lowest BCUT2D eigenvalue weighted by Gasteiger charge is -2.09. The van der Waals surface area contributed by atoms with Crippen LogP contribution in [0.15, 0.2) is 30.3 Å². The molecule has 2 aromatic rings. The minimum absolute atomic E-state index is 0.274. The van der Waals surface area contributed by atoms with Crippen LogP contribution in [0.2, 0.25) is 0 Å². The Balaban J connectivity index is 1.83. The van der Waals surface area contributed by atoms with E-state index in [2.05, 4.69) is 4.98 Å². The van der Waals surface area contributed by atoms with Gasteiger partial charge in [-0.25, -0.2) is 0 Å². The average molecular weight is 310 g/mol. The molecule has 0 saturated carbocycles. The Labute approximate surface area is 134 Å². The maximum atomic E-state index is 9.04. The fraction of sp³-hybridized carbons (Fsp3) is 0.250. The van der Waals surface area contributed by atoms with Crippen LogP contribution in [0, 0.1) is 11.3 Å². The summed E-state index contributed by atoms with van der Waals surface area (Å²) in [6.45, 7) is 2.75. The zero-order chi connectivity index (χ0) is 16.2. The van der Waals surface area contributed by atoms with E-state index < -0.39 is 0 Å². The molecule has 7 heteroatoms. The summed E-state index contributed by atoms with van der Waals surface area (Å²) in [6, 6.07) is 11.0. The first-order chi connectivity index (χ1) is 11.2. The van der Waals surface area contributed by atoms with Crippen molar-refractivity contribution in [2.24, 2.45) is 0 Å².